The molecule has 1 atom stereocenters. The van der Waals surface area contributed by atoms with E-state index in [1.165, 1.54) is 18.2 Å². The Morgan fingerprint density at radius 3 is 2.64 bits per heavy atom. The third-order valence-electron chi connectivity index (χ3n) is 1.77. The molecule has 0 heterocycles. The number of nitrogens with zero attached hydrogens (tertiary/aromatic N) is 1. The summed E-state index contributed by atoms with van der Waals surface area (Å²) < 4.78 is 0. The summed E-state index contributed by atoms with van der Waals surface area (Å²) in [6, 6.07) is 4.04. The first-order valence-corrected chi connectivity index (χ1v) is 4.15. The molecule has 0 fully saturated rings. The fraction of sp³-hybridized carbons (Fsp3) is 0.333. The van der Waals surface area contributed by atoms with Crippen molar-refractivity contribution in [2.24, 2.45) is 0 Å². The van der Waals surface area contributed by atoms with Crippen molar-refractivity contribution in [2.45, 2.75) is 19.4 Å². The normalized spacial score (nSPS) is 12.4. The van der Waals surface area contributed by atoms with Crippen LogP contribution in [0.15, 0.2) is 18.2 Å². The van der Waals surface area contributed by atoms with Gasteiger partial charge in [0.25, 0.3) is 0 Å². The van der Waals surface area contributed by atoms with E-state index in [2.05, 4.69) is 0 Å². The van der Waals surface area contributed by atoms with Gasteiger partial charge in [-0.25, -0.2) is 0 Å². The molecule has 0 saturated carbocycles. The summed E-state index contributed by atoms with van der Waals surface area (Å²) in [6.45, 7) is 1.61. The van der Waals surface area contributed by atoms with E-state index in [0.717, 1.165) is 0 Å². The van der Waals surface area contributed by atoms with Gasteiger partial charge in [-0.15, -0.1) is 0 Å². The van der Waals surface area contributed by atoms with Crippen molar-refractivity contribution in [3.63, 3.8) is 0 Å². The first-order chi connectivity index (χ1) is 6.50. The maximum absolute atomic E-state index is 10.4. The minimum absolute atomic E-state index is 0.320. The second-order valence-electron chi connectivity index (χ2n) is 3.13. The Balaban J connectivity index is 2.94. The lowest BCUT2D eigenvalue weighted by Crippen LogP contribution is -2.04. The Labute approximate surface area is 80.8 Å². The average molecular weight is 197 g/mol. The number of phenols is 1. The number of nitro groups is 1. The van der Waals surface area contributed by atoms with E-state index < -0.39 is 11.0 Å². The van der Waals surface area contributed by atoms with Gasteiger partial charge in [0.15, 0.2) is 5.75 Å². The molecule has 0 aliphatic rings. The molecule has 0 spiro atoms. The highest BCUT2D eigenvalue weighted by Crippen LogP contribution is 2.26. The molecule has 14 heavy (non-hydrogen) atoms. The Morgan fingerprint density at radius 2 is 2.21 bits per heavy atom. The summed E-state index contributed by atoms with van der Waals surface area (Å²) >= 11 is 0. The van der Waals surface area contributed by atoms with Gasteiger partial charge in [0.2, 0.25) is 0 Å². The average Bonchev–Trinajstić information content (AvgIpc) is 2.01. The van der Waals surface area contributed by atoms with E-state index in [9.17, 15) is 15.2 Å². The minimum atomic E-state index is -0.651. The number of aromatic hydroxyl groups is 1. The zero-order chi connectivity index (χ0) is 10.7. The Hall–Kier alpha value is -1.62. The number of nitro benzene ring substituents is 1. The third-order valence-corrected chi connectivity index (χ3v) is 1.77. The number of aliphatic hydroxyl groups excluding tert-OH is 1. The summed E-state index contributed by atoms with van der Waals surface area (Å²) in [4.78, 5) is 9.70. The highest BCUT2D eigenvalue weighted by molar-refractivity contribution is 5.47. The number of aliphatic hydroxyl groups is 1. The topological polar surface area (TPSA) is 83.6 Å². The fourth-order valence-corrected chi connectivity index (χ4v) is 1.19. The summed E-state index contributed by atoms with van der Waals surface area (Å²) in [5.41, 5.74) is 0.349. The van der Waals surface area contributed by atoms with Crippen LogP contribution in [0.2, 0.25) is 0 Å². The first-order valence-electron chi connectivity index (χ1n) is 4.15. The largest absolute Gasteiger partial charge is 0.502 e. The zero-order valence-electron chi connectivity index (χ0n) is 7.67. The van der Waals surface area contributed by atoms with Crippen molar-refractivity contribution in [3.8, 4) is 5.75 Å². The molecule has 1 rings (SSSR count). The molecular formula is C9H11NO4. The van der Waals surface area contributed by atoms with Crippen LogP contribution in [0.25, 0.3) is 0 Å². The van der Waals surface area contributed by atoms with Gasteiger partial charge < -0.3 is 10.2 Å². The predicted molar refractivity (Wildman–Crippen MR) is 50.1 cm³/mol. The van der Waals surface area contributed by atoms with Gasteiger partial charge in [0.1, 0.15) is 0 Å². The maximum Gasteiger partial charge on any atom is 0.310 e. The van der Waals surface area contributed by atoms with Gasteiger partial charge in [-0.3, -0.25) is 10.1 Å². The van der Waals surface area contributed by atoms with Gasteiger partial charge in [0, 0.05) is 6.07 Å². The van der Waals surface area contributed by atoms with Gasteiger partial charge >= 0.3 is 5.69 Å². The molecule has 0 bridgehead atoms. The lowest BCUT2D eigenvalue weighted by molar-refractivity contribution is -0.385. The number of rotatable bonds is 3. The number of hydrogen-bond acceptors (Lipinski definition) is 4. The quantitative estimate of drug-likeness (QED) is 0.563. The van der Waals surface area contributed by atoms with E-state index in [4.69, 9.17) is 5.11 Å². The zero-order valence-corrected chi connectivity index (χ0v) is 7.67. The highest BCUT2D eigenvalue weighted by Gasteiger charge is 2.13. The number of hydrogen-bond donors (Lipinski definition) is 2. The van der Waals surface area contributed by atoms with Crippen LogP contribution in [-0.2, 0) is 6.42 Å². The smallest absolute Gasteiger partial charge is 0.310 e. The molecule has 2 N–H and O–H groups in total. The van der Waals surface area contributed by atoms with Crippen molar-refractivity contribution in [1.29, 1.82) is 0 Å². The molecular weight excluding hydrogens is 186 g/mol. The first kappa shape index (κ1) is 10.5. The van der Waals surface area contributed by atoms with Crippen LogP contribution in [-0.4, -0.2) is 21.2 Å². The minimum Gasteiger partial charge on any atom is -0.502 e. The summed E-state index contributed by atoms with van der Waals surface area (Å²) in [5, 5.41) is 28.7. The lowest BCUT2D eigenvalue weighted by atomic mass is 10.1. The molecule has 0 unspecified atom stereocenters. The molecule has 5 nitrogen and oxygen atoms in total. The number of phenolic OH excluding ortho intramolecular Hbond substituents is 1. The monoisotopic (exact) mass is 197 g/mol. The molecule has 0 radical (unpaired) electrons. The van der Waals surface area contributed by atoms with Crippen molar-refractivity contribution in [1.82, 2.24) is 0 Å². The number of benzene rings is 1. The summed E-state index contributed by atoms with van der Waals surface area (Å²) in [6.07, 6.45) is -0.165. The highest BCUT2D eigenvalue weighted by atomic mass is 16.6. The Kier molecular flexibility index (Phi) is 3.03. The van der Waals surface area contributed by atoms with Crippen LogP contribution in [0.4, 0.5) is 5.69 Å². The molecule has 0 saturated heterocycles. The van der Waals surface area contributed by atoms with E-state index in [0.29, 0.717) is 12.0 Å². The molecule has 1 aromatic carbocycles. The summed E-state index contributed by atoms with van der Waals surface area (Å²) in [7, 11) is 0. The lowest BCUT2D eigenvalue weighted by Gasteiger charge is -2.04. The van der Waals surface area contributed by atoms with E-state index in [1.807, 2.05) is 0 Å². The summed E-state index contributed by atoms with van der Waals surface area (Å²) in [5.74, 6) is -0.367. The van der Waals surface area contributed by atoms with Crippen LogP contribution in [0, 0.1) is 10.1 Å². The fourth-order valence-electron chi connectivity index (χ4n) is 1.19. The second-order valence-corrected chi connectivity index (χ2v) is 3.13. The molecule has 0 aliphatic carbocycles. The third kappa shape index (κ3) is 2.43. The molecule has 5 heteroatoms. The molecule has 0 amide bonds. The Morgan fingerprint density at radius 1 is 1.57 bits per heavy atom. The van der Waals surface area contributed by atoms with Crippen molar-refractivity contribution < 1.29 is 15.1 Å². The van der Waals surface area contributed by atoms with Crippen LogP contribution in [0.5, 0.6) is 5.75 Å². The molecule has 0 aromatic heterocycles. The van der Waals surface area contributed by atoms with Crippen LogP contribution >= 0.6 is 0 Å². The SMILES string of the molecule is C[C@@H](O)Cc1ccc([N+](=O)[O-])c(O)c1. The van der Waals surface area contributed by atoms with Gasteiger partial charge in [-0.05, 0) is 25.0 Å². The van der Waals surface area contributed by atoms with E-state index in [-0.39, 0.29) is 11.4 Å². The van der Waals surface area contributed by atoms with Crippen LogP contribution in [0.3, 0.4) is 0 Å². The van der Waals surface area contributed by atoms with Crippen molar-refractivity contribution in [3.05, 3.63) is 33.9 Å². The van der Waals surface area contributed by atoms with E-state index >= 15 is 0 Å². The van der Waals surface area contributed by atoms with Gasteiger partial charge in [-0.1, -0.05) is 6.07 Å². The van der Waals surface area contributed by atoms with Crippen LogP contribution < -0.4 is 0 Å². The second kappa shape index (κ2) is 4.06. The standard InChI is InChI=1S/C9H11NO4/c1-6(11)4-7-2-3-8(10(13)14)9(12)5-7/h2-3,5-6,11-12H,4H2,1H3/t6-/m1/s1. The molecule has 1 aromatic rings. The van der Waals surface area contributed by atoms with E-state index in [1.54, 1.807) is 6.92 Å². The van der Waals surface area contributed by atoms with Crippen LogP contribution in [0.1, 0.15) is 12.5 Å². The van der Waals surface area contributed by atoms with Gasteiger partial charge in [0.05, 0.1) is 11.0 Å². The maximum atomic E-state index is 10.4. The molecule has 76 valence electrons. The van der Waals surface area contributed by atoms with Crippen molar-refractivity contribution in [2.75, 3.05) is 0 Å². The predicted octanol–water partition coefficient (Wildman–Crippen LogP) is 1.22. The Bertz CT molecular complexity index is 349. The molecule has 0 aliphatic heterocycles. The van der Waals surface area contributed by atoms with Gasteiger partial charge in [-0.2, -0.15) is 0 Å². The van der Waals surface area contributed by atoms with Crippen molar-refractivity contribution >= 4 is 5.69 Å².